The predicted molar refractivity (Wildman–Crippen MR) is 75.1 cm³/mol. The van der Waals surface area contributed by atoms with E-state index in [1.807, 2.05) is 48.5 Å². The van der Waals surface area contributed by atoms with E-state index in [-0.39, 0.29) is 0 Å². The quantitative estimate of drug-likeness (QED) is 0.849. The topological polar surface area (TPSA) is 12.0 Å². The fourth-order valence-electron chi connectivity index (χ4n) is 1.60. The fraction of sp³-hybridized carbons (Fsp3) is 0.143. The number of halogens is 2. The van der Waals surface area contributed by atoms with Gasteiger partial charge in [-0.1, -0.05) is 47.5 Å². The highest BCUT2D eigenvalue weighted by atomic mass is 35.5. The molecule has 0 bridgehead atoms. The van der Waals surface area contributed by atoms with Crippen LogP contribution in [0.2, 0.25) is 10.0 Å². The summed E-state index contributed by atoms with van der Waals surface area (Å²) < 4.78 is 0. The van der Waals surface area contributed by atoms with Gasteiger partial charge < -0.3 is 5.32 Å². The Balaban J connectivity index is 1.88. The average Bonchev–Trinajstić information content (AvgIpc) is 2.34. The minimum atomic E-state index is 0.753. The summed E-state index contributed by atoms with van der Waals surface area (Å²) in [7, 11) is 0. The van der Waals surface area contributed by atoms with Crippen molar-refractivity contribution in [1.29, 1.82) is 0 Å². The van der Waals surface area contributed by atoms with E-state index in [2.05, 4.69) is 5.32 Å². The van der Waals surface area contributed by atoms with Crippen molar-refractivity contribution in [2.75, 3.05) is 11.9 Å². The van der Waals surface area contributed by atoms with Crippen LogP contribution in [0.1, 0.15) is 5.56 Å². The van der Waals surface area contributed by atoms with Gasteiger partial charge in [0.2, 0.25) is 0 Å². The molecule has 0 aliphatic carbocycles. The van der Waals surface area contributed by atoms with Crippen molar-refractivity contribution in [3.8, 4) is 0 Å². The van der Waals surface area contributed by atoms with Crippen molar-refractivity contribution in [3.63, 3.8) is 0 Å². The Hall–Kier alpha value is -1.18. The van der Waals surface area contributed by atoms with Crippen LogP contribution in [0.25, 0.3) is 0 Å². The van der Waals surface area contributed by atoms with E-state index < -0.39 is 0 Å². The number of para-hydroxylation sites is 1. The number of anilines is 1. The van der Waals surface area contributed by atoms with Gasteiger partial charge in [0.05, 0.1) is 10.7 Å². The molecule has 2 aromatic rings. The van der Waals surface area contributed by atoms with E-state index in [1.165, 1.54) is 5.56 Å². The summed E-state index contributed by atoms with van der Waals surface area (Å²) in [6.07, 6.45) is 0.947. The zero-order valence-electron chi connectivity index (χ0n) is 9.29. The van der Waals surface area contributed by atoms with Crippen molar-refractivity contribution in [2.24, 2.45) is 0 Å². The number of hydrogen-bond acceptors (Lipinski definition) is 1. The molecule has 0 aromatic heterocycles. The molecule has 0 spiro atoms. The van der Waals surface area contributed by atoms with E-state index in [0.29, 0.717) is 0 Å². The molecule has 0 aliphatic rings. The van der Waals surface area contributed by atoms with E-state index in [0.717, 1.165) is 28.7 Å². The third-order valence-electron chi connectivity index (χ3n) is 2.52. The maximum atomic E-state index is 6.05. The van der Waals surface area contributed by atoms with Crippen LogP contribution in [0, 0.1) is 0 Å². The first-order valence-corrected chi connectivity index (χ1v) is 6.24. The molecule has 3 heteroatoms. The Morgan fingerprint density at radius 2 is 1.59 bits per heavy atom. The van der Waals surface area contributed by atoms with Gasteiger partial charge in [0, 0.05) is 11.6 Å². The largest absolute Gasteiger partial charge is 0.384 e. The number of rotatable bonds is 4. The molecule has 0 saturated heterocycles. The molecule has 0 aliphatic heterocycles. The molecular weight excluding hydrogens is 253 g/mol. The first-order valence-electron chi connectivity index (χ1n) is 5.48. The van der Waals surface area contributed by atoms with Gasteiger partial charge in [-0.05, 0) is 36.2 Å². The molecule has 0 amide bonds. The van der Waals surface area contributed by atoms with Crippen molar-refractivity contribution < 1.29 is 0 Å². The molecule has 2 rings (SSSR count). The second-order valence-electron chi connectivity index (χ2n) is 3.78. The van der Waals surface area contributed by atoms with Crippen LogP contribution in [0.3, 0.4) is 0 Å². The molecule has 1 nitrogen and oxygen atoms in total. The van der Waals surface area contributed by atoms with E-state index in [4.69, 9.17) is 23.2 Å². The van der Waals surface area contributed by atoms with Crippen molar-refractivity contribution >= 4 is 28.9 Å². The summed E-state index contributed by atoms with van der Waals surface area (Å²) in [6.45, 7) is 0.853. The lowest BCUT2D eigenvalue weighted by Crippen LogP contribution is -2.04. The lowest BCUT2D eigenvalue weighted by molar-refractivity contribution is 1.02. The van der Waals surface area contributed by atoms with Crippen LogP contribution < -0.4 is 5.32 Å². The fourth-order valence-corrected chi connectivity index (χ4v) is 1.93. The Bertz CT molecular complexity index is 480. The lowest BCUT2D eigenvalue weighted by Gasteiger charge is -2.08. The minimum absolute atomic E-state index is 0.753. The van der Waals surface area contributed by atoms with Gasteiger partial charge in [0.1, 0.15) is 0 Å². The number of nitrogens with one attached hydrogen (secondary N) is 1. The van der Waals surface area contributed by atoms with Gasteiger partial charge in [0.25, 0.3) is 0 Å². The third-order valence-corrected chi connectivity index (χ3v) is 3.10. The zero-order valence-corrected chi connectivity index (χ0v) is 10.8. The molecule has 0 fully saturated rings. The van der Waals surface area contributed by atoms with Gasteiger partial charge in [-0.3, -0.25) is 0 Å². The van der Waals surface area contributed by atoms with Crippen molar-refractivity contribution in [2.45, 2.75) is 6.42 Å². The van der Waals surface area contributed by atoms with Crippen LogP contribution in [-0.4, -0.2) is 6.54 Å². The highest BCUT2D eigenvalue weighted by Gasteiger charge is 1.98. The van der Waals surface area contributed by atoms with Crippen LogP contribution >= 0.6 is 23.2 Å². The third kappa shape index (κ3) is 3.65. The molecule has 0 atom stereocenters. The molecule has 88 valence electrons. The van der Waals surface area contributed by atoms with Crippen LogP contribution in [0.5, 0.6) is 0 Å². The van der Waals surface area contributed by atoms with E-state index in [1.54, 1.807) is 0 Å². The first kappa shape index (κ1) is 12.3. The highest BCUT2D eigenvalue weighted by Crippen LogP contribution is 2.20. The number of hydrogen-bond donors (Lipinski definition) is 1. The zero-order chi connectivity index (χ0) is 12.1. The Kier molecular flexibility index (Phi) is 4.29. The molecule has 0 saturated carbocycles. The Labute approximate surface area is 111 Å². The van der Waals surface area contributed by atoms with Crippen molar-refractivity contribution in [1.82, 2.24) is 0 Å². The Morgan fingerprint density at radius 3 is 2.29 bits per heavy atom. The lowest BCUT2D eigenvalue weighted by atomic mass is 10.1. The monoisotopic (exact) mass is 265 g/mol. The molecular formula is C14H13Cl2N. The summed E-state index contributed by atoms with van der Waals surface area (Å²) in [6, 6.07) is 15.6. The maximum absolute atomic E-state index is 6.05. The first-order chi connectivity index (χ1) is 8.25. The van der Waals surface area contributed by atoms with Gasteiger partial charge in [-0.15, -0.1) is 0 Å². The molecule has 1 N–H and O–H groups in total. The SMILES string of the molecule is Clc1ccc(CCNc2ccccc2Cl)cc1. The number of benzene rings is 2. The van der Waals surface area contributed by atoms with Crippen molar-refractivity contribution in [3.05, 3.63) is 64.1 Å². The maximum Gasteiger partial charge on any atom is 0.0637 e. The second-order valence-corrected chi connectivity index (χ2v) is 4.63. The minimum Gasteiger partial charge on any atom is -0.384 e. The predicted octanol–water partition coefficient (Wildman–Crippen LogP) is 4.65. The van der Waals surface area contributed by atoms with Gasteiger partial charge in [0.15, 0.2) is 0 Å². The Morgan fingerprint density at radius 1 is 0.882 bits per heavy atom. The summed E-state index contributed by atoms with van der Waals surface area (Å²) >= 11 is 11.9. The normalized spacial score (nSPS) is 10.2. The summed E-state index contributed by atoms with van der Waals surface area (Å²) in [5.74, 6) is 0. The van der Waals surface area contributed by atoms with Gasteiger partial charge >= 0.3 is 0 Å². The van der Waals surface area contributed by atoms with Gasteiger partial charge in [-0.2, -0.15) is 0 Å². The average molecular weight is 266 g/mol. The van der Waals surface area contributed by atoms with Crippen LogP contribution in [0.4, 0.5) is 5.69 Å². The van der Waals surface area contributed by atoms with E-state index >= 15 is 0 Å². The van der Waals surface area contributed by atoms with E-state index in [9.17, 15) is 0 Å². The molecule has 17 heavy (non-hydrogen) atoms. The van der Waals surface area contributed by atoms with Crippen LogP contribution in [-0.2, 0) is 6.42 Å². The standard InChI is InChI=1S/C14H13Cl2N/c15-12-7-5-11(6-8-12)9-10-17-14-4-2-1-3-13(14)16/h1-8,17H,9-10H2. The smallest absolute Gasteiger partial charge is 0.0637 e. The second kappa shape index (κ2) is 5.95. The highest BCUT2D eigenvalue weighted by molar-refractivity contribution is 6.33. The summed E-state index contributed by atoms with van der Waals surface area (Å²) in [5.41, 5.74) is 2.23. The summed E-state index contributed by atoms with van der Waals surface area (Å²) in [4.78, 5) is 0. The summed E-state index contributed by atoms with van der Waals surface area (Å²) in [5, 5.41) is 4.84. The molecule has 0 unspecified atom stereocenters. The van der Waals surface area contributed by atoms with Gasteiger partial charge in [-0.25, -0.2) is 0 Å². The van der Waals surface area contributed by atoms with Crippen LogP contribution in [0.15, 0.2) is 48.5 Å². The molecule has 0 radical (unpaired) electrons. The molecule has 0 heterocycles. The molecule has 2 aromatic carbocycles.